The lowest BCUT2D eigenvalue weighted by Gasteiger charge is -2.13. The molecular weight excluding hydrogens is 166 g/mol. The van der Waals surface area contributed by atoms with E-state index in [1.807, 2.05) is 0 Å². The quantitative estimate of drug-likeness (QED) is 0.711. The Balaban J connectivity index is 1.62. The fraction of sp³-hybridized carbons (Fsp3) is 0.900. The van der Waals surface area contributed by atoms with E-state index >= 15 is 0 Å². The maximum atomic E-state index is 10.6. The first kappa shape index (κ1) is 9.00. The Bertz CT molecular complexity index is 199. The summed E-state index contributed by atoms with van der Waals surface area (Å²) in [6.45, 7) is 3.57. The minimum Gasteiger partial charge on any atom is -0.481 e. The number of hydrogen-bond acceptors (Lipinski definition) is 2. The van der Waals surface area contributed by atoms with Gasteiger partial charge in [0.05, 0.1) is 5.92 Å². The van der Waals surface area contributed by atoms with Crippen LogP contribution in [0.15, 0.2) is 0 Å². The van der Waals surface area contributed by atoms with Gasteiger partial charge in [0.15, 0.2) is 0 Å². The Hall–Kier alpha value is -0.570. The zero-order valence-corrected chi connectivity index (χ0v) is 7.91. The van der Waals surface area contributed by atoms with Crippen LogP contribution in [0.3, 0.4) is 0 Å². The minimum absolute atomic E-state index is 0.0115. The van der Waals surface area contributed by atoms with E-state index in [1.165, 1.54) is 25.9 Å². The number of hydrogen-bond donors (Lipinski definition) is 1. The summed E-state index contributed by atoms with van der Waals surface area (Å²) >= 11 is 0. The van der Waals surface area contributed by atoms with E-state index in [2.05, 4.69) is 4.90 Å². The molecule has 0 amide bonds. The van der Waals surface area contributed by atoms with Crippen molar-refractivity contribution in [3.63, 3.8) is 0 Å². The van der Waals surface area contributed by atoms with Gasteiger partial charge in [0.2, 0.25) is 0 Å². The van der Waals surface area contributed by atoms with Crippen molar-refractivity contribution in [1.82, 2.24) is 4.90 Å². The summed E-state index contributed by atoms with van der Waals surface area (Å²) in [5.41, 5.74) is 0. The van der Waals surface area contributed by atoms with Gasteiger partial charge in [-0.15, -0.1) is 0 Å². The monoisotopic (exact) mass is 183 g/mol. The van der Waals surface area contributed by atoms with Crippen molar-refractivity contribution < 1.29 is 9.90 Å². The van der Waals surface area contributed by atoms with Gasteiger partial charge in [0.25, 0.3) is 0 Å². The Kier molecular flexibility index (Phi) is 2.54. The predicted octanol–water partition coefficient (Wildman–Crippen LogP) is 1.19. The number of carboxylic acid groups (broad SMARTS) is 1. The van der Waals surface area contributed by atoms with Crippen molar-refractivity contribution in [1.29, 1.82) is 0 Å². The zero-order valence-electron chi connectivity index (χ0n) is 7.91. The highest BCUT2D eigenvalue weighted by Crippen LogP contribution is 2.41. The molecule has 1 saturated carbocycles. The molecule has 2 rings (SSSR count). The molecule has 2 fully saturated rings. The van der Waals surface area contributed by atoms with Gasteiger partial charge < -0.3 is 10.0 Å². The number of nitrogens with zero attached hydrogens (tertiary/aromatic N) is 1. The van der Waals surface area contributed by atoms with Crippen LogP contribution in [-0.4, -0.2) is 35.6 Å². The summed E-state index contributed by atoms with van der Waals surface area (Å²) in [4.78, 5) is 13.0. The van der Waals surface area contributed by atoms with Gasteiger partial charge in [0, 0.05) is 0 Å². The first-order valence-electron chi connectivity index (χ1n) is 5.22. The second-order valence-electron chi connectivity index (χ2n) is 4.28. The summed E-state index contributed by atoms with van der Waals surface area (Å²) in [5, 5.41) is 8.70. The molecule has 74 valence electrons. The lowest BCUT2D eigenvalue weighted by atomic mass is 10.2. The van der Waals surface area contributed by atoms with Crippen LogP contribution in [0.25, 0.3) is 0 Å². The molecular formula is C10H17NO2. The molecule has 0 aromatic carbocycles. The Morgan fingerprint density at radius 2 is 2.08 bits per heavy atom. The first-order valence-corrected chi connectivity index (χ1v) is 5.22. The Morgan fingerprint density at radius 3 is 2.62 bits per heavy atom. The van der Waals surface area contributed by atoms with Crippen molar-refractivity contribution in [2.75, 3.05) is 19.6 Å². The predicted molar refractivity (Wildman–Crippen MR) is 49.5 cm³/mol. The molecule has 0 bridgehead atoms. The molecule has 13 heavy (non-hydrogen) atoms. The van der Waals surface area contributed by atoms with Crippen molar-refractivity contribution in [3.8, 4) is 0 Å². The third-order valence-corrected chi connectivity index (χ3v) is 3.25. The number of carbonyl (C=O) groups is 1. The Morgan fingerprint density at radius 1 is 1.38 bits per heavy atom. The molecule has 3 nitrogen and oxygen atoms in total. The fourth-order valence-electron chi connectivity index (χ4n) is 2.22. The molecule has 1 aliphatic carbocycles. The van der Waals surface area contributed by atoms with Gasteiger partial charge >= 0.3 is 5.97 Å². The molecule has 1 saturated heterocycles. The maximum absolute atomic E-state index is 10.6. The van der Waals surface area contributed by atoms with E-state index in [9.17, 15) is 4.79 Å². The molecule has 3 heteroatoms. The van der Waals surface area contributed by atoms with Gasteiger partial charge in [-0.25, -0.2) is 0 Å². The summed E-state index contributed by atoms with van der Waals surface area (Å²) < 4.78 is 0. The highest BCUT2D eigenvalue weighted by Gasteiger charge is 2.42. The summed E-state index contributed by atoms with van der Waals surface area (Å²) in [5.74, 6) is -0.118. The van der Waals surface area contributed by atoms with E-state index in [-0.39, 0.29) is 5.92 Å². The molecule has 0 unspecified atom stereocenters. The van der Waals surface area contributed by atoms with Crippen LogP contribution in [0.5, 0.6) is 0 Å². The van der Waals surface area contributed by atoms with Crippen molar-refractivity contribution in [3.05, 3.63) is 0 Å². The van der Waals surface area contributed by atoms with E-state index in [0.717, 1.165) is 19.4 Å². The summed E-state index contributed by atoms with van der Waals surface area (Å²) in [7, 11) is 0. The van der Waals surface area contributed by atoms with Crippen LogP contribution in [0.4, 0.5) is 0 Å². The molecule has 2 aliphatic rings. The molecule has 1 heterocycles. The molecule has 0 radical (unpaired) electrons. The second kappa shape index (κ2) is 3.66. The van der Waals surface area contributed by atoms with Crippen LogP contribution in [0.1, 0.15) is 25.7 Å². The maximum Gasteiger partial charge on any atom is 0.306 e. The zero-order chi connectivity index (χ0) is 9.26. The third-order valence-electron chi connectivity index (χ3n) is 3.25. The van der Waals surface area contributed by atoms with Gasteiger partial charge in [-0.05, 0) is 51.2 Å². The average Bonchev–Trinajstić information content (AvgIpc) is 2.70. The molecule has 2 atom stereocenters. The van der Waals surface area contributed by atoms with Gasteiger partial charge in [0.1, 0.15) is 0 Å². The van der Waals surface area contributed by atoms with Crippen LogP contribution in [0, 0.1) is 11.8 Å². The van der Waals surface area contributed by atoms with Gasteiger partial charge in [-0.3, -0.25) is 4.79 Å². The molecule has 1 aliphatic heterocycles. The topological polar surface area (TPSA) is 40.5 Å². The number of likely N-dealkylation sites (tertiary alicyclic amines) is 1. The van der Waals surface area contributed by atoms with E-state index in [0.29, 0.717) is 5.92 Å². The number of aliphatic carboxylic acids is 1. The van der Waals surface area contributed by atoms with Crippen LogP contribution in [0.2, 0.25) is 0 Å². The van der Waals surface area contributed by atoms with Crippen LogP contribution < -0.4 is 0 Å². The van der Waals surface area contributed by atoms with Crippen LogP contribution in [-0.2, 0) is 4.79 Å². The molecule has 0 aromatic rings. The molecule has 0 spiro atoms. The van der Waals surface area contributed by atoms with Crippen LogP contribution >= 0.6 is 0 Å². The number of rotatable bonds is 4. The first-order chi connectivity index (χ1) is 6.27. The summed E-state index contributed by atoms with van der Waals surface area (Å²) in [6.07, 6.45) is 4.67. The van der Waals surface area contributed by atoms with E-state index in [4.69, 9.17) is 5.11 Å². The average molecular weight is 183 g/mol. The molecule has 0 aromatic heterocycles. The fourth-order valence-corrected chi connectivity index (χ4v) is 2.22. The van der Waals surface area contributed by atoms with Crippen molar-refractivity contribution in [2.45, 2.75) is 25.7 Å². The largest absolute Gasteiger partial charge is 0.481 e. The lowest BCUT2D eigenvalue weighted by Crippen LogP contribution is -2.21. The van der Waals surface area contributed by atoms with Gasteiger partial charge in [-0.1, -0.05) is 0 Å². The third kappa shape index (κ3) is 2.21. The van der Waals surface area contributed by atoms with Crippen molar-refractivity contribution in [2.24, 2.45) is 11.8 Å². The summed E-state index contributed by atoms with van der Waals surface area (Å²) in [6, 6.07) is 0. The second-order valence-corrected chi connectivity index (χ2v) is 4.28. The van der Waals surface area contributed by atoms with E-state index < -0.39 is 5.97 Å². The highest BCUT2D eigenvalue weighted by molar-refractivity contribution is 5.73. The smallest absolute Gasteiger partial charge is 0.306 e. The Labute approximate surface area is 78.7 Å². The van der Waals surface area contributed by atoms with Gasteiger partial charge in [-0.2, -0.15) is 0 Å². The lowest BCUT2D eigenvalue weighted by molar-refractivity contribution is -0.138. The van der Waals surface area contributed by atoms with Crippen molar-refractivity contribution >= 4 is 5.97 Å². The van der Waals surface area contributed by atoms with E-state index in [1.54, 1.807) is 0 Å². The SMILES string of the molecule is O=C(O)[C@@H]1C[C@H]1CCN1CCCC1. The standard InChI is InChI=1S/C10H17NO2/c12-10(13)9-7-8(9)3-6-11-4-1-2-5-11/h8-9H,1-7H2,(H,12,13)/t8-,9-/m1/s1. The molecule has 1 N–H and O–H groups in total. The normalized spacial score (nSPS) is 33.5. The number of carboxylic acids is 1. The highest BCUT2D eigenvalue weighted by atomic mass is 16.4. The minimum atomic E-state index is -0.591.